The highest BCUT2D eigenvalue weighted by Gasteiger charge is 2.17. The highest BCUT2D eigenvalue weighted by atomic mass is 16.5. The Hall–Kier alpha value is -3.61. The lowest BCUT2D eigenvalue weighted by molar-refractivity contribution is -0.134. The molecule has 0 unspecified atom stereocenters. The van der Waals surface area contributed by atoms with Crippen molar-refractivity contribution in [1.29, 1.82) is 0 Å². The maximum absolute atomic E-state index is 12.4. The minimum absolute atomic E-state index is 0.177. The third kappa shape index (κ3) is 6.48. The van der Waals surface area contributed by atoms with Gasteiger partial charge in [0.05, 0.1) is 18.4 Å². The molecule has 7 nitrogen and oxygen atoms in total. The highest BCUT2D eigenvalue weighted by Crippen LogP contribution is 2.17. The summed E-state index contributed by atoms with van der Waals surface area (Å²) in [5, 5.41) is 2.67. The van der Waals surface area contributed by atoms with E-state index in [0.29, 0.717) is 18.8 Å². The fourth-order valence-corrected chi connectivity index (χ4v) is 2.70. The molecule has 2 aromatic carbocycles. The summed E-state index contributed by atoms with van der Waals surface area (Å²) >= 11 is 0. The number of amides is 2. The van der Waals surface area contributed by atoms with E-state index in [-0.39, 0.29) is 18.1 Å². The van der Waals surface area contributed by atoms with E-state index in [1.54, 1.807) is 48.4 Å². The molecular weight excluding hydrogens is 384 g/mol. The topological polar surface area (TPSA) is 84.9 Å². The number of para-hydroxylation sites is 1. The first-order valence-electron chi connectivity index (χ1n) is 9.65. The molecule has 2 rings (SSSR count). The summed E-state index contributed by atoms with van der Waals surface area (Å²) in [6.45, 7) is 4.45. The molecule has 2 amide bonds. The van der Waals surface area contributed by atoms with Crippen molar-refractivity contribution >= 4 is 29.5 Å². The van der Waals surface area contributed by atoms with Crippen molar-refractivity contribution in [1.82, 2.24) is 4.90 Å². The van der Waals surface area contributed by atoms with E-state index in [1.165, 1.54) is 12.1 Å². The Bertz CT molecular complexity index is 902. The number of rotatable bonds is 9. The number of hydrogen-bond acceptors (Lipinski definition) is 5. The molecule has 0 saturated carbocycles. The minimum atomic E-state index is -0.675. The van der Waals surface area contributed by atoms with Gasteiger partial charge in [0.2, 0.25) is 5.91 Å². The third-order valence-electron chi connectivity index (χ3n) is 4.39. The zero-order valence-electron chi connectivity index (χ0n) is 17.4. The average Bonchev–Trinajstić information content (AvgIpc) is 2.77. The highest BCUT2D eigenvalue weighted by molar-refractivity contribution is 6.06. The second-order valence-corrected chi connectivity index (χ2v) is 6.28. The van der Waals surface area contributed by atoms with Crippen LogP contribution in [0.3, 0.4) is 0 Å². The van der Waals surface area contributed by atoms with Crippen molar-refractivity contribution in [2.75, 3.05) is 32.1 Å². The van der Waals surface area contributed by atoms with E-state index in [4.69, 9.17) is 9.47 Å². The summed E-state index contributed by atoms with van der Waals surface area (Å²) in [7, 11) is 1.58. The number of likely N-dealkylation sites (N-methyl/N-ethyl adjacent to an activating group) is 1. The number of anilines is 1. The Balaban J connectivity index is 2.01. The van der Waals surface area contributed by atoms with Crippen LogP contribution in [0.15, 0.2) is 54.6 Å². The van der Waals surface area contributed by atoms with E-state index in [1.807, 2.05) is 26.0 Å². The molecule has 0 saturated heterocycles. The number of methoxy groups -OCH3 is 1. The molecule has 0 aromatic heterocycles. The Morgan fingerprint density at radius 2 is 1.67 bits per heavy atom. The number of ether oxygens (including phenoxy) is 2. The molecule has 1 N–H and O–H groups in total. The minimum Gasteiger partial charge on any atom is -0.497 e. The second-order valence-electron chi connectivity index (χ2n) is 6.28. The van der Waals surface area contributed by atoms with E-state index < -0.39 is 11.9 Å². The molecule has 0 bridgehead atoms. The molecule has 0 heterocycles. The Labute approximate surface area is 176 Å². The van der Waals surface area contributed by atoms with E-state index in [2.05, 4.69) is 5.32 Å². The largest absolute Gasteiger partial charge is 0.497 e. The SMILES string of the molecule is CCN(CC)C(=O)COC(=O)c1ccccc1NC(=O)C=Cc1ccc(OC)cc1. The third-order valence-corrected chi connectivity index (χ3v) is 4.39. The molecule has 158 valence electrons. The van der Waals surface area contributed by atoms with Gasteiger partial charge in [-0.25, -0.2) is 4.79 Å². The van der Waals surface area contributed by atoms with Crippen LogP contribution in [0.2, 0.25) is 0 Å². The molecule has 0 fully saturated rings. The lowest BCUT2D eigenvalue weighted by atomic mass is 10.1. The van der Waals surface area contributed by atoms with Crippen LogP contribution in [0.5, 0.6) is 5.75 Å². The van der Waals surface area contributed by atoms with Gasteiger partial charge >= 0.3 is 5.97 Å². The van der Waals surface area contributed by atoms with E-state index in [9.17, 15) is 14.4 Å². The summed E-state index contributed by atoms with van der Waals surface area (Å²) in [6, 6.07) is 13.7. The molecule has 0 radical (unpaired) electrons. The molecule has 7 heteroatoms. The summed E-state index contributed by atoms with van der Waals surface area (Å²) in [5.74, 6) is -0.614. The summed E-state index contributed by atoms with van der Waals surface area (Å²) in [5.41, 5.74) is 1.31. The smallest absolute Gasteiger partial charge is 0.340 e. The number of nitrogens with one attached hydrogen (secondary N) is 1. The fraction of sp³-hybridized carbons (Fsp3) is 0.261. The number of hydrogen-bond donors (Lipinski definition) is 1. The van der Waals surface area contributed by atoms with Crippen LogP contribution in [0.25, 0.3) is 6.08 Å². The van der Waals surface area contributed by atoms with Crippen LogP contribution in [-0.2, 0) is 14.3 Å². The van der Waals surface area contributed by atoms with Crippen LogP contribution in [0.1, 0.15) is 29.8 Å². The average molecular weight is 410 g/mol. The zero-order valence-corrected chi connectivity index (χ0v) is 17.4. The quantitative estimate of drug-likeness (QED) is 0.506. The standard InChI is InChI=1S/C23H26N2O5/c1-4-25(5-2)22(27)16-30-23(28)19-8-6-7-9-20(19)24-21(26)15-12-17-10-13-18(29-3)14-11-17/h6-15H,4-5,16H2,1-3H3,(H,24,26). The van der Waals surface area contributed by atoms with Crippen molar-refractivity contribution < 1.29 is 23.9 Å². The predicted molar refractivity (Wildman–Crippen MR) is 115 cm³/mol. The Morgan fingerprint density at radius 3 is 2.30 bits per heavy atom. The lowest BCUT2D eigenvalue weighted by Gasteiger charge is -2.18. The second kappa shape index (κ2) is 11.4. The van der Waals surface area contributed by atoms with Gasteiger partial charge in [-0.2, -0.15) is 0 Å². The van der Waals surface area contributed by atoms with Gasteiger partial charge in [-0.1, -0.05) is 24.3 Å². The van der Waals surface area contributed by atoms with Gasteiger partial charge in [-0.05, 0) is 49.8 Å². The van der Waals surface area contributed by atoms with Crippen LogP contribution in [0.4, 0.5) is 5.69 Å². The molecule has 0 aliphatic rings. The van der Waals surface area contributed by atoms with E-state index in [0.717, 1.165) is 11.3 Å². The first kappa shape index (κ1) is 22.7. The normalized spacial score (nSPS) is 10.5. The van der Waals surface area contributed by atoms with Crippen LogP contribution < -0.4 is 10.1 Å². The molecule has 30 heavy (non-hydrogen) atoms. The van der Waals surface area contributed by atoms with Gasteiger partial charge in [-0.3, -0.25) is 9.59 Å². The number of nitrogens with zero attached hydrogens (tertiary/aromatic N) is 1. The van der Waals surface area contributed by atoms with Crippen molar-refractivity contribution in [3.63, 3.8) is 0 Å². The van der Waals surface area contributed by atoms with Gasteiger partial charge in [0, 0.05) is 19.2 Å². The molecule has 0 spiro atoms. The van der Waals surface area contributed by atoms with Crippen molar-refractivity contribution in [2.45, 2.75) is 13.8 Å². The lowest BCUT2D eigenvalue weighted by Crippen LogP contribution is -2.34. The molecular formula is C23H26N2O5. The Morgan fingerprint density at radius 1 is 1.00 bits per heavy atom. The van der Waals surface area contributed by atoms with Gasteiger partial charge in [-0.15, -0.1) is 0 Å². The van der Waals surface area contributed by atoms with Crippen molar-refractivity contribution in [3.8, 4) is 5.75 Å². The maximum Gasteiger partial charge on any atom is 0.340 e. The fourth-order valence-electron chi connectivity index (χ4n) is 2.70. The molecule has 0 aliphatic heterocycles. The van der Waals surface area contributed by atoms with Gasteiger partial charge in [0.1, 0.15) is 5.75 Å². The zero-order chi connectivity index (χ0) is 21.9. The number of benzene rings is 2. The number of carbonyl (C=O) groups excluding carboxylic acids is 3. The van der Waals surface area contributed by atoms with E-state index >= 15 is 0 Å². The molecule has 0 atom stereocenters. The Kier molecular flexibility index (Phi) is 8.62. The van der Waals surface area contributed by atoms with Crippen LogP contribution in [-0.4, -0.2) is 49.5 Å². The van der Waals surface area contributed by atoms with Crippen molar-refractivity contribution in [2.24, 2.45) is 0 Å². The van der Waals surface area contributed by atoms with Crippen LogP contribution in [0, 0.1) is 0 Å². The van der Waals surface area contributed by atoms with Gasteiger partial charge < -0.3 is 19.7 Å². The molecule has 2 aromatic rings. The van der Waals surface area contributed by atoms with Gasteiger partial charge in [0.25, 0.3) is 5.91 Å². The maximum atomic E-state index is 12.4. The van der Waals surface area contributed by atoms with Gasteiger partial charge in [0.15, 0.2) is 6.61 Å². The van der Waals surface area contributed by atoms with Crippen LogP contribution >= 0.6 is 0 Å². The van der Waals surface area contributed by atoms with Crippen molar-refractivity contribution in [3.05, 3.63) is 65.7 Å². The number of esters is 1. The summed E-state index contributed by atoms with van der Waals surface area (Å²) in [4.78, 5) is 38.3. The number of carbonyl (C=O) groups is 3. The summed E-state index contributed by atoms with van der Waals surface area (Å²) in [6.07, 6.45) is 3.02. The monoisotopic (exact) mass is 410 g/mol. The molecule has 0 aliphatic carbocycles. The first-order valence-corrected chi connectivity index (χ1v) is 9.65. The first-order chi connectivity index (χ1) is 14.5. The summed E-state index contributed by atoms with van der Waals surface area (Å²) < 4.78 is 10.2. The predicted octanol–water partition coefficient (Wildman–Crippen LogP) is 3.37.